The molecular weight excluding hydrogens is 210 g/mol. The average molecular weight is 229 g/mol. The Morgan fingerprint density at radius 1 is 1.38 bits per heavy atom. The van der Waals surface area contributed by atoms with Gasteiger partial charge in [0, 0.05) is 32.7 Å². The van der Waals surface area contributed by atoms with Crippen LogP contribution in [-0.2, 0) is 15.9 Å². The Hall–Kier alpha value is -0.980. The Labute approximate surface area is 95.3 Å². The van der Waals surface area contributed by atoms with E-state index < -0.39 is 0 Å². The summed E-state index contributed by atoms with van der Waals surface area (Å²) in [6, 6.07) is 0. The molecule has 0 unspecified atom stereocenters. The molecule has 0 saturated heterocycles. The van der Waals surface area contributed by atoms with Crippen molar-refractivity contribution in [1.82, 2.24) is 15.5 Å². The lowest BCUT2D eigenvalue weighted by Crippen LogP contribution is -2.32. The Morgan fingerprint density at radius 3 is 2.69 bits per heavy atom. The fourth-order valence-electron chi connectivity index (χ4n) is 1.26. The molecule has 16 heavy (non-hydrogen) atoms. The molecule has 0 amide bonds. The summed E-state index contributed by atoms with van der Waals surface area (Å²) in [5.74, 6) is 0.636. The number of hydrogen-bond donors (Lipinski definition) is 1. The van der Waals surface area contributed by atoms with Crippen LogP contribution in [0.1, 0.15) is 19.7 Å². The third-order valence-corrected chi connectivity index (χ3v) is 1.94. The molecule has 0 aliphatic carbocycles. The zero-order valence-corrected chi connectivity index (χ0v) is 9.81. The van der Waals surface area contributed by atoms with E-state index in [1.54, 1.807) is 0 Å². The topological polar surface area (TPSA) is 69.4 Å². The SMILES string of the molecule is CCOC(CNCCc1ncno1)OCC. The molecule has 1 rings (SSSR count). The van der Waals surface area contributed by atoms with Crippen LogP contribution in [0, 0.1) is 0 Å². The van der Waals surface area contributed by atoms with Gasteiger partial charge in [-0.3, -0.25) is 0 Å². The highest BCUT2D eigenvalue weighted by Gasteiger charge is 2.07. The Kier molecular flexibility index (Phi) is 6.71. The zero-order valence-electron chi connectivity index (χ0n) is 9.81. The number of nitrogens with one attached hydrogen (secondary N) is 1. The lowest BCUT2D eigenvalue weighted by atomic mass is 10.4. The van der Waals surface area contributed by atoms with E-state index in [4.69, 9.17) is 14.0 Å². The summed E-state index contributed by atoms with van der Waals surface area (Å²) in [5.41, 5.74) is 0. The van der Waals surface area contributed by atoms with Crippen LogP contribution >= 0.6 is 0 Å². The fourth-order valence-corrected chi connectivity index (χ4v) is 1.26. The normalized spacial score (nSPS) is 11.2. The summed E-state index contributed by atoms with van der Waals surface area (Å²) in [6.45, 7) is 6.62. The van der Waals surface area contributed by atoms with E-state index in [9.17, 15) is 0 Å². The maximum atomic E-state index is 5.38. The lowest BCUT2D eigenvalue weighted by Gasteiger charge is -2.17. The monoisotopic (exact) mass is 229 g/mol. The van der Waals surface area contributed by atoms with Crippen LogP contribution < -0.4 is 5.32 Å². The van der Waals surface area contributed by atoms with Crippen LogP contribution in [0.3, 0.4) is 0 Å². The second-order valence-electron chi connectivity index (χ2n) is 3.13. The van der Waals surface area contributed by atoms with Crippen LogP contribution in [-0.4, -0.2) is 42.7 Å². The van der Waals surface area contributed by atoms with Crippen LogP contribution in [0.25, 0.3) is 0 Å². The highest BCUT2D eigenvalue weighted by atomic mass is 16.7. The molecule has 6 heteroatoms. The molecule has 0 bridgehead atoms. The quantitative estimate of drug-likeness (QED) is 0.494. The van der Waals surface area contributed by atoms with E-state index in [1.165, 1.54) is 6.33 Å². The van der Waals surface area contributed by atoms with Gasteiger partial charge in [-0.05, 0) is 13.8 Å². The summed E-state index contributed by atoms with van der Waals surface area (Å²) >= 11 is 0. The van der Waals surface area contributed by atoms with Crippen molar-refractivity contribution in [1.29, 1.82) is 0 Å². The van der Waals surface area contributed by atoms with E-state index in [1.807, 2.05) is 13.8 Å². The molecule has 6 nitrogen and oxygen atoms in total. The summed E-state index contributed by atoms with van der Waals surface area (Å²) < 4.78 is 15.6. The lowest BCUT2D eigenvalue weighted by molar-refractivity contribution is -0.132. The summed E-state index contributed by atoms with van der Waals surface area (Å²) in [5, 5.41) is 6.75. The summed E-state index contributed by atoms with van der Waals surface area (Å²) in [4.78, 5) is 3.93. The predicted molar refractivity (Wildman–Crippen MR) is 57.9 cm³/mol. The maximum Gasteiger partial charge on any atom is 0.227 e. The zero-order chi connectivity index (χ0) is 11.6. The standard InChI is InChI=1S/C10H19N3O3/c1-3-14-10(15-4-2)7-11-6-5-9-12-8-13-16-9/h8,10-11H,3-7H2,1-2H3. The molecule has 0 atom stereocenters. The molecule has 1 heterocycles. The summed E-state index contributed by atoms with van der Waals surface area (Å²) in [6.07, 6.45) is 1.93. The first kappa shape index (κ1) is 13.1. The molecule has 1 aromatic heterocycles. The van der Waals surface area contributed by atoms with Crippen molar-refractivity contribution in [3.63, 3.8) is 0 Å². The minimum atomic E-state index is -0.183. The molecule has 0 aliphatic heterocycles. The number of rotatable bonds is 9. The van der Waals surface area contributed by atoms with Gasteiger partial charge in [-0.25, -0.2) is 0 Å². The van der Waals surface area contributed by atoms with Gasteiger partial charge >= 0.3 is 0 Å². The second kappa shape index (κ2) is 8.20. The van der Waals surface area contributed by atoms with E-state index in [-0.39, 0.29) is 6.29 Å². The van der Waals surface area contributed by atoms with E-state index in [0.717, 1.165) is 6.54 Å². The van der Waals surface area contributed by atoms with Crippen LogP contribution in [0.4, 0.5) is 0 Å². The molecule has 0 aliphatic rings. The minimum absolute atomic E-state index is 0.183. The third kappa shape index (κ3) is 5.20. The van der Waals surface area contributed by atoms with Gasteiger partial charge in [-0.2, -0.15) is 4.98 Å². The van der Waals surface area contributed by atoms with Gasteiger partial charge in [0.2, 0.25) is 5.89 Å². The van der Waals surface area contributed by atoms with Gasteiger partial charge in [-0.15, -0.1) is 0 Å². The van der Waals surface area contributed by atoms with Gasteiger partial charge < -0.3 is 19.3 Å². The number of hydrogen-bond acceptors (Lipinski definition) is 6. The smallest absolute Gasteiger partial charge is 0.227 e. The number of ether oxygens (including phenoxy) is 2. The van der Waals surface area contributed by atoms with Crippen molar-refractivity contribution in [3.05, 3.63) is 12.2 Å². The molecule has 0 radical (unpaired) electrons. The molecule has 92 valence electrons. The maximum absolute atomic E-state index is 5.38. The van der Waals surface area contributed by atoms with Crippen LogP contribution in [0.5, 0.6) is 0 Å². The van der Waals surface area contributed by atoms with Gasteiger partial charge in [0.1, 0.15) is 0 Å². The Balaban J connectivity index is 2.08. The second-order valence-corrected chi connectivity index (χ2v) is 3.13. The number of nitrogens with zero attached hydrogens (tertiary/aromatic N) is 2. The van der Waals surface area contributed by atoms with Crippen molar-refractivity contribution in [2.45, 2.75) is 26.6 Å². The predicted octanol–water partition coefficient (Wildman–Crippen LogP) is 0.601. The van der Waals surface area contributed by atoms with Crippen molar-refractivity contribution in [2.75, 3.05) is 26.3 Å². The van der Waals surface area contributed by atoms with Gasteiger partial charge in [0.05, 0.1) is 0 Å². The first-order chi connectivity index (χ1) is 7.86. The van der Waals surface area contributed by atoms with E-state index >= 15 is 0 Å². The van der Waals surface area contributed by atoms with Crippen LogP contribution in [0.2, 0.25) is 0 Å². The molecule has 1 N–H and O–H groups in total. The average Bonchev–Trinajstić information content (AvgIpc) is 2.78. The largest absolute Gasteiger partial charge is 0.352 e. The first-order valence-corrected chi connectivity index (χ1v) is 5.56. The van der Waals surface area contributed by atoms with Crippen LogP contribution in [0.15, 0.2) is 10.9 Å². The third-order valence-electron chi connectivity index (χ3n) is 1.94. The molecule has 0 saturated carbocycles. The van der Waals surface area contributed by atoms with Crippen molar-refractivity contribution in [2.24, 2.45) is 0 Å². The first-order valence-electron chi connectivity index (χ1n) is 5.56. The molecule has 0 fully saturated rings. The molecule has 1 aromatic rings. The highest BCUT2D eigenvalue weighted by Crippen LogP contribution is 1.94. The fraction of sp³-hybridized carbons (Fsp3) is 0.800. The molecule has 0 aromatic carbocycles. The summed E-state index contributed by atoms with van der Waals surface area (Å²) in [7, 11) is 0. The van der Waals surface area contributed by atoms with Gasteiger partial charge in [0.25, 0.3) is 0 Å². The van der Waals surface area contributed by atoms with Crippen molar-refractivity contribution < 1.29 is 14.0 Å². The number of aromatic nitrogens is 2. The minimum Gasteiger partial charge on any atom is -0.352 e. The van der Waals surface area contributed by atoms with E-state index in [0.29, 0.717) is 32.1 Å². The highest BCUT2D eigenvalue weighted by molar-refractivity contribution is 4.75. The van der Waals surface area contributed by atoms with Crippen molar-refractivity contribution >= 4 is 0 Å². The Bertz CT molecular complexity index is 248. The van der Waals surface area contributed by atoms with E-state index in [2.05, 4.69) is 15.5 Å². The van der Waals surface area contributed by atoms with Gasteiger partial charge in [-0.1, -0.05) is 5.16 Å². The Morgan fingerprint density at radius 2 is 2.12 bits per heavy atom. The molecule has 0 spiro atoms. The van der Waals surface area contributed by atoms with Crippen molar-refractivity contribution in [3.8, 4) is 0 Å². The van der Waals surface area contributed by atoms with Gasteiger partial charge in [0.15, 0.2) is 12.6 Å². The molecular formula is C10H19N3O3.